The van der Waals surface area contributed by atoms with Gasteiger partial charge in [0.05, 0.1) is 6.42 Å². The van der Waals surface area contributed by atoms with Gasteiger partial charge in [0.2, 0.25) is 5.91 Å². The molecule has 0 radical (unpaired) electrons. The maximum Gasteiger partial charge on any atom is 0.226 e. The first kappa shape index (κ1) is 12.3. The molecule has 1 aromatic heterocycles. The molecule has 0 aromatic carbocycles. The molecule has 0 aliphatic carbocycles. The van der Waals surface area contributed by atoms with Crippen molar-refractivity contribution in [2.24, 2.45) is 0 Å². The fraction of sp³-hybridized carbons (Fsp3) is 0.385. The summed E-state index contributed by atoms with van der Waals surface area (Å²) in [5.41, 5.74) is 0.774. The Morgan fingerprint density at radius 3 is 3.00 bits per heavy atom. The van der Waals surface area contributed by atoms with Crippen molar-refractivity contribution in [3.05, 3.63) is 30.1 Å². The van der Waals surface area contributed by atoms with Crippen LogP contribution in [0.4, 0.5) is 0 Å². The van der Waals surface area contributed by atoms with Gasteiger partial charge in [-0.25, -0.2) is 0 Å². The first-order chi connectivity index (χ1) is 7.76. The number of hydrogen-bond acceptors (Lipinski definition) is 2. The number of terminal acetylenes is 1. The van der Waals surface area contributed by atoms with E-state index in [-0.39, 0.29) is 11.9 Å². The van der Waals surface area contributed by atoms with Gasteiger partial charge in [0.1, 0.15) is 0 Å². The van der Waals surface area contributed by atoms with Crippen molar-refractivity contribution < 1.29 is 4.79 Å². The van der Waals surface area contributed by atoms with E-state index in [0.29, 0.717) is 12.8 Å². The van der Waals surface area contributed by atoms with Crippen LogP contribution in [0, 0.1) is 12.3 Å². The van der Waals surface area contributed by atoms with Gasteiger partial charge in [0, 0.05) is 24.4 Å². The SMILES string of the molecule is C#CCC(CC)NC(=O)Cc1ccccn1. The predicted molar refractivity (Wildman–Crippen MR) is 63.6 cm³/mol. The lowest BCUT2D eigenvalue weighted by Gasteiger charge is -2.13. The van der Waals surface area contributed by atoms with E-state index in [1.807, 2.05) is 25.1 Å². The molecule has 16 heavy (non-hydrogen) atoms. The summed E-state index contributed by atoms with van der Waals surface area (Å²) in [4.78, 5) is 15.7. The smallest absolute Gasteiger partial charge is 0.226 e. The lowest BCUT2D eigenvalue weighted by molar-refractivity contribution is -0.121. The fourth-order valence-corrected chi connectivity index (χ4v) is 1.39. The van der Waals surface area contributed by atoms with Gasteiger partial charge in [-0.2, -0.15) is 0 Å². The Morgan fingerprint density at radius 1 is 1.62 bits per heavy atom. The molecule has 1 aromatic rings. The Labute approximate surface area is 96.3 Å². The van der Waals surface area contributed by atoms with E-state index in [4.69, 9.17) is 6.42 Å². The Balaban J connectivity index is 2.44. The van der Waals surface area contributed by atoms with Gasteiger partial charge in [-0.3, -0.25) is 9.78 Å². The highest BCUT2D eigenvalue weighted by atomic mass is 16.1. The molecule has 0 aliphatic rings. The molecule has 0 saturated heterocycles. The molecule has 0 fully saturated rings. The van der Waals surface area contributed by atoms with Crippen LogP contribution < -0.4 is 5.32 Å². The zero-order chi connectivity index (χ0) is 11.8. The zero-order valence-electron chi connectivity index (χ0n) is 9.44. The van der Waals surface area contributed by atoms with Gasteiger partial charge in [0.15, 0.2) is 0 Å². The third-order valence-electron chi connectivity index (χ3n) is 2.29. The molecule has 0 spiro atoms. The lowest BCUT2D eigenvalue weighted by Crippen LogP contribution is -2.35. The molecular weight excluding hydrogens is 200 g/mol. The van der Waals surface area contributed by atoms with Gasteiger partial charge < -0.3 is 5.32 Å². The molecule has 3 nitrogen and oxygen atoms in total. The number of rotatable bonds is 5. The van der Waals surface area contributed by atoms with Crippen molar-refractivity contribution >= 4 is 5.91 Å². The Morgan fingerprint density at radius 2 is 2.44 bits per heavy atom. The van der Waals surface area contributed by atoms with Gasteiger partial charge in [-0.1, -0.05) is 13.0 Å². The van der Waals surface area contributed by atoms with Crippen LogP contribution in [0.25, 0.3) is 0 Å². The molecule has 1 rings (SSSR count). The Kier molecular flexibility index (Phi) is 5.07. The average Bonchev–Trinajstić information content (AvgIpc) is 2.29. The van der Waals surface area contributed by atoms with E-state index < -0.39 is 0 Å². The summed E-state index contributed by atoms with van der Waals surface area (Å²) in [5.74, 6) is 2.53. The summed E-state index contributed by atoms with van der Waals surface area (Å²) < 4.78 is 0. The van der Waals surface area contributed by atoms with E-state index >= 15 is 0 Å². The van der Waals surface area contributed by atoms with E-state index in [2.05, 4.69) is 16.2 Å². The number of pyridine rings is 1. The van der Waals surface area contributed by atoms with Crippen LogP contribution >= 0.6 is 0 Å². The number of hydrogen-bond donors (Lipinski definition) is 1. The summed E-state index contributed by atoms with van der Waals surface area (Å²) in [6.45, 7) is 2.00. The van der Waals surface area contributed by atoms with E-state index in [9.17, 15) is 4.79 Å². The largest absolute Gasteiger partial charge is 0.352 e. The highest BCUT2D eigenvalue weighted by Gasteiger charge is 2.09. The van der Waals surface area contributed by atoms with Crippen LogP contribution in [0.2, 0.25) is 0 Å². The predicted octanol–water partition coefficient (Wildman–Crippen LogP) is 1.54. The number of nitrogens with one attached hydrogen (secondary N) is 1. The van der Waals surface area contributed by atoms with Crippen molar-refractivity contribution in [1.82, 2.24) is 10.3 Å². The van der Waals surface area contributed by atoms with Gasteiger partial charge in [-0.15, -0.1) is 12.3 Å². The Hall–Kier alpha value is -1.82. The molecular formula is C13H16N2O. The third kappa shape index (κ3) is 4.14. The summed E-state index contributed by atoms with van der Waals surface area (Å²) in [6.07, 6.45) is 8.63. The first-order valence-electron chi connectivity index (χ1n) is 5.39. The third-order valence-corrected chi connectivity index (χ3v) is 2.29. The molecule has 0 saturated carbocycles. The monoisotopic (exact) mass is 216 g/mol. The van der Waals surface area contributed by atoms with Crippen LogP contribution in [0.1, 0.15) is 25.5 Å². The normalized spacial score (nSPS) is 11.5. The van der Waals surface area contributed by atoms with Crippen LogP contribution in [-0.4, -0.2) is 16.9 Å². The Bertz CT molecular complexity index is 367. The van der Waals surface area contributed by atoms with Crippen molar-refractivity contribution in [2.75, 3.05) is 0 Å². The summed E-state index contributed by atoms with van der Waals surface area (Å²) in [6, 6.07) is 5.60. The highest BCUT2D eigenvalue weighted by Crippen LogP contribution is 1.99. The second-order valence-corrected chi connectivity index (χ2v) is 3.58. The number of nitrogens with zero attached hydrogens (tertiary/aromatic N) is 1. The van der Waals surface area contributed by atoms with Gasteiger partial charge in [-0.05, 0) is 18.6 Å². The van der Waals surface area contributed by atoms with Crippen LogP contribution in [0.5, 0.6) is 0 Å². The minimum atomic E-state index is -0.0270. The number of aromatic nitrogens is 1. The maximum absolute atomic E-state index is 11.6. The van der Waals surface area contributed by atoms with E-state index in [1.165, 1.54) is 0 Å². The summed E-state index contributed by atoms with van der Waals surface area (Å²) >= 11 is 0. The number of carbonyl (C=O) groups excluding carboxylic acids is 1. The molecule has 84 valence electrons. The quantitative estimate of drug-likeness (QED) is 0.759. The molecule has 1 atom stereocenters. The second-order valence-electron chi connectivity index (χ2n) is 3.58. The van der Waals surface area contributed by atoms with Crippen LogP contribution in [0.15, 0.2) is 24.4 Å². The van der Waals surface area contributed by atoms with Crippen molar-refractivity contribution in [1.29, 1.82) is 0 Å². The molecule has 1 N–H and O–H groups in total. The molecule has 1 heterocycles. The average molecular weight is 216 g/mol. The minimum absolute atomic E-state index is 0.0270. The van der Waals surface area contributed by atoms with E-state index in [1.54, 1.807) is 6.20 Å². The van der Waals surface area contributed by atoms with Gasteiger partial charge in [0.25, 0.3) is 0 Å². The summed E-state index contributed by atoms with van der Waals surface area (Å²) in [5, 5.41) is 2.89. The number of carbonyl (C=O) groups is 1. The van der Waals surface area contributed by atoms with Crippen molar-refractivity contribution in [3.63, 3.8) is 0 Å². The number of amides is 1. The minimum Gasteiger partial charge on any atom is -0.352 e. The topological polar surface area (TPSA) is 42.0 Å². The van der Waals surface area contributed by atoms with Crippen molar-refractivity contribution in [3.8, 4) is 12.3 Å². The highest BCUT2D eigenvalue weighted by molar-refractivity contribution is 5.78. The van der Waals surface area contributed by atoms with E-state index in [0.717, 1.165) is 12.1 Å². The second kappa shape index (κ2) is 6.62. The van der Waals surface area contributed by atoms with Crippen LogP contribution in [-0.2, 0) is 11.2 Å². The lowest BCUT2D eigenvalue weighted by atomic mass is 10.1. The molecule has 3 heteroatoms. The van der Waals surface area contributed by atoms with Crippen LogP contribution in [0.3, 0.4) is 0 Å². The van der Waals surface area contributed by atoms with Crippen molar-refractivity contribution in [2.45, 2.75) is 32.2 Å². The molecule has 0 aliphatic heterocycles. The first-order valence-corrected chi connectivity index (χ1v) is 5.39. The molecule has 1 unspecified atom stereocenters. The molecule has 1 amide bonds. The zero-order valence-corrected chi connectivity index (χ0v) is 9.44. The summed E-state index contributed by atoms with van der Waals surface area (Å²) in [7, 11) is 0. The maximum atomic E-state index is 11.6. The molecule has 0 bridgehead atoms. The standard InChI is InChI=1S/C13H16N2O/c1-3-7-11(4-2)15-13(16)10-12-8-5-6-9-14-12/h1,5-6,8-9,11H,4,7,10H2,2H3,(H,15,16). The van der Waals surface area contributed by atoms with Gasteiger partial charge >= 0.3 is 0 Å². The fourth-order valence-electron chi connectivity index (χ4n) is 1.39.